The van der Waals surface area contributed by atoms with Crippen LogP contribution in [0.15, 0.2) is 36.4 Å². The van der Waals surface area contributed by atoms with Crippen LogP contribution >= 0.6 is 0 Å². The SMILES string of the molecule is CNCCC#Cc1cccc2c(N)cccc12. The molecule has 86 valence electrons. The Morgan fingerprint density at radius 2 is 1.88 bits per heavy atom. The summed E-state index contributed by atoms with van der Waals surface area (Å²) in [4.78, 5) is 0. The van der Waals surface area contributed by atoms with E-state index < -0.39 is 0 Å². The zero-order chi connectivity index (χ0) is 12.1. The topological polar surface area (TPSA) is 38.0 Å². The van der Waals surface area contributed by atoms with Gasteiger partial charge in [-0.25, -0.2) is 0 Å². The van der Waals surface area contributed by atoms with Gasteiger partial charge in [-0.15, -0.1) is 0 Å². The van der Waals surface area contributed by atoms with Crippen molar-refractivity contribution in [2.24, 2.45) is 0 Å². The quantitative estimate of drug-likeness (QED) is 0.467. The van der Waals surface area contributed by atoms with Gasteiger partial charge in [-0.05, 0) is 24.6 Å². The van der Waals surface area contributed by atoms with Crippen molar-refractivity contribution in [3.63, 3.8) is 0 Å². The van der Waals surface area contributed by atoms with Crippen LogP contribution in [0.25, 0.3) is 10.8 Å². The Balaban J connectivity index is 2.40. The highest BCUT2D eigenvalue weighted by Gasteiger charge is 1.99. The number of benzene rings is 2. The predicted octanol–water partition coefficient (Wildman–Crippen LogP) is 2.38. The highest BCUT2D eigenvalue weighted by atomic mass is 14.8. The maximum absolute atomic E-state index is 5.94. The van der Waals surface area contributed by atoms with Crippen molar-refractivity contribution >= 4 is 16.5 Å². The van der Waals surface area contributed by atoms with Crippen molar-refractivity contribution in [2.45, 2.75) is 6.42 Å². The molecule has 0 atom stereocenters. The van der Waals surface area contributed by atoms with Crippen LogP contribution in [-0.4, -0.2) is 13.6 Å². The van der Waals surface area contributed by atoms with Crippen molar-refractivity contribution in [1.29, 1.82) is 0 Å². The van der Waals surface area contributed by atoms with E-state index in [1.165, 1.54) is 0 Å². The van der Waals surface area contributed by atoms with E-state index in [-0.39, 0.29) is 0 Å². The van der Waals surface area contributed by atoms with Crippen LogP contribution in [0, 0.1) is 11.8 Å². The third kappa shape index (κ3) is 2.58. The Bertz CT molecular complexity index is 576. The number of nitrogen functional groups attached to an aromatic ring is 1. The Hall–Kier alpha value is -1.98. The molecule has 0 aliphatic rings. The van der Waals surface area contributed by atoms with Crippen LogP contribution < -0.4 is 11.1 Å². The average molecular weight is 224 g/mol. The second-order valence-electron chi connectivity index (χ2n) is 3.90. The molecule has 2 nitrogen and oxygen atoms in total. The van der Waals surface area contributed by atoms with Gasteiger partial charge in [0.2, 0.25) is 0 Å². The van der Waals surface area contributed by atoms with Crippen LogP contribution in [0.3, 0.4) is 0 Å². The number of nitrogens with one attached hydrogen (secondary N) is 1. The Morgan fingerprint density at radius 3 is 2.71 bits per heavy atom. The molecule has 0 fully saturated rings. The zero-order valence-electron chi connectivity index (χ0n) is 9.96. The molecular weight excluding hydrogens is 208 g/mol. The van der Waals surface area contributed by atoms with Crippen molar-refractivity contribution in [1.82, 2.24) is 5.32 Å². The Labute approximate surface area is 102 Å². The van der Waals surface area contributed by atoms with Crippen molar-refractivity contribution in [3.8, 4) is 11.8 Å². The van der Waals surface area contributed by atoms with Crippen LogP contribution in [-0.2, 0) is 0 Å². The summed E-state index contributed by atoms with van der Waals surface area (Å²) in [6.45, 7) is 0.917. The highest BCUT2D eigenvalue weighted by molar-refractivity contribution is 5.96. The third-order valence-electron chi connectivity index (χ3n) is 2.68. The van der Waals surface area contributed by atoms with Gasteiger partial charge in [-0.2, -0.15) is 0 Å². The zero-order valence-corrected chi connectivity index (χ0v) is 9.96. The summed E-state index contributed by atoms with van der Waals surface area (Å²) in [5, 5.41) is 5.28. The van der Waals surface area contributed by atoms with Gasteiger partial charge < -0.3 is 11.1 Å². The molecule has 0 unspecified atom stereocenters. The fraction of sp³-hybridized carbons (Fsp3) is 0.200. The monoisotopic (exact) mass is 224 g/mol. The van der Waals surface area contributed by atoms with E-state index in [2.05, 4.69) is 23.2 Å². The lowest BCUT2D eigenvalue weighted by Gasteiger charge is -2.03. The number of nitrogens with two attached hydrogens (primary N) is 1. The minimum absolute atomic E-state index is 0.807. The van der Waals surface area contributed by atoms with Crippen molar-refractivity contribution in [3.05, 3.63) is 42.0 Å². The molecule has 0 spiro atoms. The average Bonchev–Trinajstić information content (AvgIpc) is 2.36. The van der Waals surface area contributed by atoms with E-state index in [0.29, 0.717) is 0 Å². The maximum Gasteiger partial charge on any atom is 0.0394 e. The van der Waals surface area contributed by atoms with Crippen LogP contribution in [0.5, 0.6) is 0 Å². The van der Waals surface area contributed by atoms with Gasteiger partial charge >= 0.3 is 0 Å². The second-order valence-corrected chi connectivity index (χ2v) is 3.90. The van der Waals surface area contributed by atoms with E-state index in [1.54, 1.807) is 0 Å². The van der Waals surface area contributed by atoms with E-state index in [4.69, 9.17) is 5.73 Å². The molecule has 0 aliphatic heterocycles. The fourth-order valence-corrected chi connectivity index (χ4v) is 1.79. The molecule has 0 aromatic heterocycles. The minimum Gasteiger partial charge on any atom is -0.398 e. The maximum atomic E-state index is 5.94. The van der Waals surface area contributed by atoms with Gasteiger partial charge in [-0.1, -0.05) is 36.1 Å². The van der Waals surface area contributed by atoms with E-state index >= 15 is 0 Å². The standard InChI is InChI=1S/C15H16N2/c1-17-11-3-2-6-12-7-4-9-14-13(12)8-5-10-15(14)16/h4-5,7-10,17H,3,11,16H2,1H3. The van der Waals surface area contributed by atoms with Gasteiger partial charge in [0.25, 0.3) is 0 Å². The first-order chi connectivity index (χ1) is 8.33. The van der Waals surface area contributed by atoms with Gasteiger partial charge in [-0.3, -0.25) is 0 Å². The third-order valence-corrected chi connectivity index (χ3v) is 2.68. The summed E-state index contributed by atoms with van der Waals surface area (Å²) in [5.74, 6) is 6.37. The lowest BCUT2D eigenvalue weighted by molar-refractivity contribution is 0.818. The first-order valence-electron chi connectivity index (χ1n) is 5.73. The highest BCUT2D eigenvalue weighted by Crippen LogP contribution is 2.23. The van der Waals surface area contributed by atoms with Gasteiger partial charge in [0, 0.05) is 29.6 Å². The molecular formula is C15H16N2. The molecule has 17 heavy (non-hydrogen) atoms. The van der Waals surface area contributed by atoms with E-state index in [0.717, 1.165) is 35.0 Å². The molecule has 0 amide bonds. The first kappa shape index (κ1) is 11.5. The summed E-state index contributed by atoms with van der Waals surface area (Å²) in [5.41, 5.74) is 7.80. The first-order valence-corrected chi connectivity index (χ1v) is 5.73. The molecule has 0 radical (unpaired) electrons. The summed E-state index contributed by atoms with van der Waals surface area (Å²) in [6.07, 6.45) is 0.856. The number of fused-ring (bicyclic) bond motifs is 1. The lowest BCUT2D eigenvalue weighted by Crippen LogP contribution is -2.05. The molecule has 2 rings (SSSR count). The predicted molar refractivity (Wildman–Crippen MR) is 73.8 cm³/mol. The van der Waals surface area contributed by atoms with Crippen LogP contribution in [0.4, 0.5) is 5.69 Å². The molecule has 0 bridgehead atoms. The van der Waals surface area contributed by atoms with Crippen LogP contribution in [0.1, 0.15) is 12.0 Å². The Kier molecular flexibility index (Phi) is 3.64. The molecule has 0 aliphatic carbocycles. The van der Waals surface area contributed by atoms with Crippen LogP contribution in [0.2, 0.25) is 0 Å². The fourth-order valence-electron chi connectivity index (χ4n) is 1.79. The number of rotatable bonds is 2. The lowest BCUT2D eigenvalue weighted by atomic mass is 10.0. The van der Waals surface area contributed by atoms with Crippen molar-refractivity contribution in [2.75, 3.05) is 19.3 Å². The molecule has 2 heteroatoms. The number of hydrogen-bond donors (Lipinski definition) is 2. The molecule has 0 heterocycles. The van der Waals surface area contributed by atoms with Gasteiger partial charge in [0.1, 0.15) is 0 Å². The summed E-state index contributed by atoms with van der Waals surface area (Å²) < 4.78 is 0. The largest absolute Gasteiger partial charge is 0.398 e. The minimum atomic E-state index is 0.807. The van der Waals surface area contributed by atoms with Crippen molar-refractivity contribution < 1.29 is 0 Å². The summed E-state index contributed by atoms with van der Waals surface area (Å²) in [6, 6.07) is 12.0. The Morgan fingerprint density at radius 1 is 1.12 bits per heavy atom. The van der Waals surface area contributed by atoms with Gasteiger partial charge in [0.05, 0.1) is 0 Å². The summed E-state index contributed by atoms with van der Waals surface area (Å²) >= 11 is 0. The second kappa shape index (κ2) is 5.38. The number of anilines is 1. The molecule has 2 aromatic carbocycles. The molecule has 0 saturated carbocycles. The van der Waals surface area contributed by atoms with E-state index in [1.807, 2.05) is 37.4 Å². The molecule has 0 saturated heterocycles. The van der Waals surface area contributed by atoms with Gasteiger partial charge in [0.15, 0.2) is 0 Å². The molecule has 2 aromatic rings. The van der Waals surface area contributed by atoms with E-state index in [9.17, 15) is 0 Å². The smallest absolute Gasteiger partial charge is 0.0394 e. The normalized spacial score (nSPS) is 9.94. The number of hydrogen-bond acceptors (Lipinski definition) is 2. The molecule has 3 N–H and O–H groups in total. The summed E-state index contributed by atoms with van der Waals surface area (Å²) in [7, 11) is 1.93.